The normalized spacial score (nSPS) is 16.8. The Morgan fingerprint density at radius 1 is 0.985 bits per heavy atom. The smallest absolute Gasteiger partial charge is 0.278 e. The zero-order valence-electron chi connectivity index (χ0n) is 40.8. The number of aryl methyl sites for hydroxylation is 3. The highest BCUT2D eigenvalue weighted by Gasteiger charge is 2.41. The van der Waals surface area contributed by atoms with Crippen molar-refractivity contribution in [2.45, 2.75) is 98.1 Å². The van der Waals surface area contributed by atoms with Gasteiger partial charge >= 0.3 is 0 Å². The molecule has 3 aromatic rings. The van der Waals surface area contributed by atoms with Crippen molar-refractivity contribution in [3.05, 3.63) is 101 Å². The first-order valence-electron chi connectivity index (χ1n) is 23.5. The number of aliphatic hydroxyl groups excluding tert-OH is 1. The third-order valence-corrected chi connectivity index (χ3v) is 11.5. The Kier molecular flexibility index (Phi) is 24.6. The number of anilines is 2. The van der Waals surface area contributed by atoms with Gasteiger partial charge in [-0.05, 0) is 125 Å². The largest absolute Gasteiger partial charge is 0.494 e. The third-order valence-electron chi connectivity index (χ3n) is 11.5. The molecule has 1 aromatic heterocycles. The van der Waals surface area contributed by atoms with Crippen LogP contribution >= 0.6 is 0 Å². The van der Waals surface area contributed by atoms with E-state index in [-0.39, 0.29) is 31.7 Å². The lowest BCUT2D eigenvalue weighted by Crippen LogP contribution is -2.46. The van der Waals surface area contributed by atoms with Crippen LogP contribution in [0.1, 0.15) is 94.2 Å². The monoisotopic (exact) mass is 937 g/mol. The Balaban J connectivity index is 0.000000582. The second-order valence-electron chi connectivity index (χ2n) is 15.9. The number of nitrogens with one attached hydrogen (secondary N) is 1. The second kappa shape index (κ2) is 29.9. The van der Waals surface area contributed by atoms with Crippen LogP contribution in [0.4, 0.5) is 17.2 Å². The summed E-state index contributed by atoms with van der Waals surface area (Å²) < 4.78 is 5.94. The highest BCUT2D eigenvalue weighted by Crippen LogP contribution is 2.35. The second-order valence-corrected chi connectivity index (χ2v) is 15.9. The molecule has 0 bridgehead atoms. The van der Waals surface area contributed by atoms with Gasteiger partial charge in [0.25, 0.3) is 5.91 Å². The number of amidine groups is 1. The predicted octanol–water partition coefficient (Wildman–Crippen LogP) is 6.15. The minimum atomic E-state index is -0.903. The van der Waals surface area contributed by atoms with E-state index in [0.717, 1.165) is 69.2 Å². The van der Waals surface area contributed by atoms with Gasteiger partial charge in [-0.3, -0.25) is 44.1 Å². The van der Waals surface area contributed by atoms with Crippen LogP contribution in [0.5, 0.6) is 5.75 Å². The average Bonchev–Trinajstić information content (AvgIpc) is 3.86. The van der Waals surface area contributed by atoms with Gasteiger partial charge in [0.2, 0.25) is 25.1 Å². The molecule has 3 aliphatic rings. The molecule has 4 N–H and O–H groups in total. The number of aliphatic hydroxyl groups is 1. The van der Waals surface area contributed by atoms with Crippen molar-refractivity contribution >= 4 is 60.8 Å². The lowest BCUT2D eigenvalue weighted by atomic mass is 10.1. The molecule has 17 heteroatoms. The number of aliphatic imine (C=N–C) groups is 2. The third kappa shape index (κ3) is 15.5. The van der Waals surface area contributed by atoms with Gasteiger partial charge < -0.3 is 20.5 Å². The number of imide groups is 2. The maximum absolute atomic E-state index is 13.6. The molecule has 5 amide bonds. The van der Waals surface area contributed by atoms with Gasteiger partial charge in [-0.2, -0.15) is 0 Å². The van der Waals surface area contributed by atoms with Crippen LogP contribution in [0.2, 0.25) is 0 Å². The number of benzene rings is 2. The standard InChI is InChI=1S/C40H49N7O3.C8H12N2O4.C2H6.CH5N/c1-5-20-46-40(49)35(28-41-4)39(47(46)37-19-12-31-11-18-36(48)38(31)43-37)42-32-13-15-33(16-14-32)45-24-22-44(23-25-45)21-8-6-7-9-26-50-34-17-10-29(2)30(3)27-34;1-2-3-7(8(14)9-4-11)10(5-12)6-13;2*1-2/h5,10,12-17,19,27-28,36,48H,1,4,6-9,11,18,20-26H2,2-3H3;4-7H,2-3H2,1H3,(H,9,11,14);1-2H3;2H2,1H3/b35-28+,42-39?;;;. The number of ether oxygens (including phenoxy) is 1. The van der Waals surface area contributed by atoms with Crippen molar-refractivity contribution in [3.8, 4) is 5.75 Å². The van der Waals surface area contributed by atoms with Crippen molar-refractivity contribution < 1.29 is 33.8 Å². The molecule has 68 heavy (non-hydrogen) atoms. The minimum Gasteiger partial charge on any atom is -0.494 e. The Labute approximate surface area is 402 Å². The van der Waals surface area contributed by atoms with E-state index in [1.54, 1.807) is 18.0 Å². The molecular weight excluding hydrogens is 865 g/mol. The van der Waals surface area contributed by atoms with Gasteiger partial charge in [-0.15, -0.1) is 6.58 Å². The van der Waals surface area contributed by atoms with E-state index in [1.165, 1.54) is 48.6 Å². The van der Waals surface area contributed by atoms with E-state index in [0.29, 0.717) is 52.8 Å². The lowest BCUT2D eigenvalue weighted by molar-refractivity contribution is -0.141. The summed E-state index contributed by atoms with van der Waals surface area (Å²) in [5.41, 5.74) is 10.9. The van der Waals surface area contributed by atoms with Crippen LogP contribution in [-0.4, -0.2) is 127 Å². The number of nitrogens with zero attached hydrogens (tertiary/aromatic N) is 8. The fourth-order valence-corrected chi connectivity index (χ4v) is 7.81. The summed E-state index contributed by atoms with van der Waals surface area (Å²) in [5, 5.41) is 15.6. The van der Waals surface area contributed by atoms with Gasteiger partial charge in [-0.25, -0.2) is 20.0 Å². The Morgan fingerprint density at radius 2 is 1.68 bits per heavy atom. The quantitative estimate of drug-likeness (QED) is 0.0362. The van der Waals surface area contributed by atoms with E-state index in [9.17, 15) is 29.1 Å². The SMILES string of the molecule is C=CCN1C(=O)/C(=C/N=C)C(=Nc2ccc(N3CCN(CCCCCCOc4ccc(C)c(C)c4)CC3)cc2)N1c1ccc2c(n1)C(O)CC2.CC.CCCC(C(=O)NC=O)N(C=O)C=O.CN. The predicted molar refractivity (Wildman–Crippen MR) is 270 cm³/mol. The summed E-state index contributed by atoms with van der Waals surface area (Å²) in [7, 11) is 1.50. The van der Waals surface area contributed by atoms with Crippen molar-refractivity contribution in [3.63, 3.8) is 0 Å². The van der Waals surface area contributed by atoms with Gasteiger partial charge in [0.05, 0.1) is 30.6 Å². The van der Waals surface area contributed by atoms with Crippen LogP contribution in [0.25, 0.3) is 0 Å². The van der Waals surface area contributed by atoms with Crippen LogP contribution in [-0.2, 0) is 30.4 Å². The summed E-state index contributed by atoms with van der Waals surface area (Å²) in [6.07, 6.45) is 10.3. The molecule has 2 saturated heterocycles. The molecule has 3 heterocycles. The number of aromatic nitrogens is 1. The number of hydrogen-bond donors (Lipinski definition) is 3. The number of carbonyl (C=O) groups excluding carboxylic acids is 5. The van der Waals surface area contributed by atoms with E-state index in [4.69, 9.17) is 14.7 Å². The highest BCUT2D eigenvalue weighted by atomic mass is 16.5. The molecule has 0 radical (unpaired) electrons. The zero-order valence-corrected chi connectivity index (χ0v) is 40.8. The number of unbranched alkanes of at least 4 members (excludes halogenated alkanes) is 3. The number of pyridine rings is 1. The molecule has 6 rings (SSSR count). The number of carbonyl (C=O) groups is 5. The number of fused-ring (bicyclic) bond motifs is 1. The molecule has 2 aromatic carbocycles. The van der Waals surface area contributed by atoms with Crippen LogP contribution in [0, 0.1) is 13.8 Å². The summed E-state index contributed by atoms with van der Waals surface area (Å²) in [6.45, 7) is 23.7. The van der Waals surface area contributed by atoms with Crippen molar-refractivity contribution in [2.75, 3.05) is 62.8 Å². The van der Waals surface area contributed by atoms with Gasteiger partial charge in [-0.1, -0.05) is 58.2 Å². The van der Waals surface area contributed by atoms with Crippen LogP contribution in [0.3, 0.4) is 0 Å². The Hall–Kier alpha value is -6.56. The van der Waals surface area contributed by atoms with E-state index < -0.39 is 18.1 Å². The van der Waals surface area contributed by atoms with Crippen molar-refractivity contribution in [1.29, 1.82) is 0 Å². The maximum Gasteiger partial charge on any atom is 0.278 e. The Morgan fingerprint density at radius 3 is 2.29 bits per heavy atom. The molecular formula is C51H72N10O7. The Bertz CT molecular complexity index is 2160. The van der Waals surface area contributed by atoms with Crippen LogP contribution in [0.15, 0.2) is 89.0 Å². The fourth-order valence-electron chi connectivity index (χ4n) is 7.81. The molecule has 2 unspecified atom stereocenters. The van der Waals surface area contributed by atoms with Crippen LogP contribution < -0.4 is 25.7 Å². The lowest BCUT2D eigenvalue weighted by Gasteiger charge is -2.36. The first-order valence-corrected chi connectivity index (χ1v) is 23.5. The molecule has 0 saturated carbocycles. The van der Waals surface area contributed by atoms with Gasteiger partial charge in [0, 0.05) is 38.1 Å². The molecule has 1 aliphatic carbocycles. The summed E-state index contributed by atoms with van der Waals surface area (Å²) >= 11 is 0. The van der Waals surface area contributed by atoms with E-state index >= 15 is 0 Å². The van der Waals surface area contributed by atoms with Crippen molar-refractivity contribution in [2.24, 2.45) is 15.7 Å². The average molecular weight is 937 g/mol. The summed E-state index contributed by atoms with van der Waals surface area (Å²) in [5.74, 6) is 0.956. The fraction of sp³-hybridized carbons (Fsp3) is 0.451. The minimum absolute atomic E-state index is 0.221. The molecule has 2 fully saturated rings. The molecule has 17 nitrogen and oxygen atoms in total. The number of piperazine rings is 1. The highest BCUT2D eigenvalue weighted by molar-refractivity contribution is 6.31. The number of nitrogens with two attached hydrogens (primary N) is 1. The number of hydrazine groups is 1. The number of hydrogen-bond acceptors (Lipinski definition) is 13. The maximum atomic E-state index is 13.6. The first-order chi connectivity index (χ1) is 33.1. The summed E-state index contributed by atoms with van der Waals surface area (Å²) in [4.78, 5) is 74.8. The van der Waals surface area contributed by atoms with Gasteiger partial charge in [0.1, 0.15) is 17.4 Å². The summed E-state index contributed by atoms with van der Waals surface area (Å²) in [6, 6.07) is 17.4. The molecule has 0 spiro atoms. The van der Waals surface area contributed by atoms with E-state index in [1.807, 2.05) is 43.4 Å². The van der Waals surface area contributed by atoms with E-state index in [2.05, 4.69) is 78.0 Å². The zero-order chi connectivity index (χ0) is 50.0. The molecule has 2 aliphatic heterocycles. The number of rotatable bonds is 21. The molecule has 368 valence electrons. The number of amides is 5. The molecule has 2 atom stereocenters. The first kappa shape index (κ1) is 55.8. The van der Waals surface area contributed by atoms with Crippen molar-refractivity contribution in [1.82, 2.24) is 25.1 Å². The van der Waals surface area contributed by atoms with Gasteiger partial charge in [0.15, 0.2) is 11.7 Å². The topological polar surface area (TPSA) is 207 Å².